The monoisotopic (exact) mass is 250 g/mol. The molecule has 0 unspecified atom stereocenters. The van der Waals surface area contributed by atoms with Crippen molar-refractivity contribution in [2.45, 2.75) is 25.2 Å². The van der Waals surface area contributed by atoms with E-state index in [2.05, 4.69) is 15.0 Å². The lowest BCUT2D eigenvalue weighted by atomic mass is 10.1. The number of fused-ring (bicyclic) bond motifs is 1. The van der Waals surface area contributed by atoms with Crippen LogP contribution < -0.4 is 0 Å². The number of aromatic nitrogens is 4. The van der Waals surface area contributed by atoms with Crippen molar-refractivity contribution in [2.75, 3.05) is 13.2 Å². The highest BCUT2D eigenvalue weighted by Crippen LogP contribution is 2.33. The lowest BCUT2D eigenvalue weighted by molar-refractivity contribution is -0.146. The van der Waals surface area contributed by atoms with E-state index in [1.54, 1.807) is 4.57 Å². The Morgan fingerprint density at radius 2 is 2.33 bits per heavy atom. The maximum Gasteiger partial charge on any atom is 0.196 e. The molecule has 0 spiro atoms. The van der Waals surface area contributed by atoms with E-state index < -0.39 is 11.8 Å². The molecule has 7 heteroatoms. The topological polar surface area (TPSA) is 93.3 Å². The fourth-order valence-corrected chi connectivity index (χ4v) is 2.36. The molecule has 0 amide bonds. The van der Waals surface area contributed by atoms with E-state index in [0.29, 0.717) is 24.2 Å². The fourth-order valence-electron chi connectivity index (χ4n) is 2.36. The number of nitrogens with zero attached hydrogens (tertiary/aromatic N) is 4. The normalized spacial score (nSPS) is 28.1. The summed E-state index contributed by atoms with van der Waals surface area (Å²) in [5, 5.41) is 19.7. The first-order chi connectivity index (χ1) is 8.69. The van der Waals surface area contributed by atoms with E-state index in [4.69, 9.17) is 4.74 Å². The number of hydrogen-bond acceptors (Lipinski definition) is 6. The smallest absolute Gasteiger partial charge is 0.196 e. The second-order valence-electron chi connectivity index (χ2n) is 4.40. The van der Waals surface area contributed by atoms with E-state index in [0.717, 1.165) is 5.69 Å². The van der Waals surface area contributed by atoms with Crippen molar-refractivity contribution >= 4 is 11.2 Å². The Balaban J connectivity index is 2.22. The summed E-state index contributed by atoms with van der Waals surface area (Å²) in [7, 11) is 0. The van der Waals surface area contributed by atoms with Crippen molar-refractivity contribution in [1.29, 1.82) is 0 Å². The maximum absolute atomic E-state index is 10.1. The summed E-state index contributed by atoms with van der Waals surface area (Å²) in [4.78, 5) is 12.4. The van der Waals surface area contributed by atoms with Crippen molar-refractivity contribution in [3.8, 4) is 0 Å². The molecular weight excluding hydrogens is 236 g/mol. The predicted molar refractivity (Wildman–Crippen MR) is 61.7 cm³/mol. The fraction of sp³-hybridized carbons (Fsp3) is 0.545. The maximum atomic E-state index is 10.1. The van der Waals surface area contributed by atoms with Crippen LogP contribution in [0.1, 0.15) is 12.1 Å². The molecule has 3 heterocycles. The Kier molecular flexibility index (Phi) is 2.54. The van der Waals surface area contributed by atoms with E-state index in [-0.39, 0.29) is 6.61 Å². The van der Waals surface area contributed by atoms with Gasteiger partial charge in [-0.1, -0.05) is 0 Å². The van der Waals surface area contributed by atoms with Gasteiger partial charge in [-0.15, -0.1) is 0 Å². The number of aliphatic hydroxyl groups excluding tert-OH is 2. The molecule has 7 nitrogen and oxygen atoms in total. The Morgan fingerprint density at radius 1 is 1.50 bits per heavy atom. The van der Waals surface area contributed by atoms with Gasteiger partial charge in [0.25, 0.3) is 0 Å². The molecule has 0 aromatic carbocycles. The molecule has 1 fully saturated rings. The van der Waals surface area contributed by atoms with Crippen LogP contribution in [0.4, 0.5) is 0 Å². The summed E-state index contributed by atoms with van der Waals surface area (Å²) >= 11 is 0. The third kappa shape index (κ3) is 1.38. The SMILES string of the molecule is Cc1ncnc2c1ncn2[C@@]1(CO)OCC[C@@H]1O. The molecule has 1 aliphatic heterocycles. The zero-order valence-corrected chi connectivity index (χ0v) is 9.94. The summed E-state index contributed by atoms with van der Waals surface area (Å²) in [6.45, 7) is 1.90. The lowest BCUT2D eigenvalue weighted by Gasteiger charge is -2.31. The van der Waals surface area contributed by atoms with Gasteiger partial charge in [-0.2, -0.15) is 0 Å². The summed E-state index contributed by atoms with van der Waals surface area (Å²) in [6.07, 6.45) is 2.65. The van der Waals surface area contributed by atoms with Gasteiger partial charge in [-0.05, 0) is 6.92 Å². The molecule has 96 valence electrons. The standard InChI is InChI=1S/C11H14N4O3/c1-7-9-10(13-5-12-7)15(6-14-9)11(4-16)8(17)2-3-18-11/h5-6,8,16-17H,2-4H2,1H3/t8-,11-/m0/s1. The molecule has 3 rings (SSSR count). The second-order valence-corrected chi connectivity index (χ2v) is 4.40. The predicted octanol–water partition coefficient (Wildman–Crippen LogP) is -0.439. The van der Waals surface area contributed by atoms with Crippen molar-refractivity contribution in [3.63, 3.8) is 0 Å². The average Bonchev–Trinajstić information content (AvgIpc) is 2.94. The van der Waals surface area contributed by atoms with E-state index in [9.17, 15) is 10.2 Å². The van der Waals surface area contributed by atoms with Crippen LogP contribution in [0.25, 0.3) is 11.2 Å². The first-order valence-corrected chi connectivity index (χ1v) is 5.77. The Morgan fingerprint density at radius 3 is 3.00 bits per heavy atom. The van der Waals surface area contributed by atoms with Crippen LogP contribution in [0, 0.1) is 6.92 Å². The van der Waals surface area contributed by atoms with Gasteiger partial charge in [0.1, 0.15) is 17.9 Å². The Labute approximate surface area is 103 Å². The highest BCUT2D eigenvalue weighted by Gasteiger charge is 2.46. The van der Waals surface area contributed by atoms with Crippen molar-refractivity contribution in [3.05, 3.63) is 18.3 Å². The summed E-state index contributed by atoms with van der Waals surface area (Å²) in [5.41, 5.74) is 0.764. The minimum absolute atomic E-state index is 0.331. The number of rotatable bonds is 2. The molecule has 1 saturated heterocycles. The average molecular weight is 250 g/mol. The van der Waals surface area contributed by atoms with Crippen LogP contribution >= 0.6 is 0 Å². The van der Waals surface area contributed by atoms with Gasteiger partial charge in [0.05, 0.1) is 25.2 Å². The first kappa shape index (κ1) is 11.5. The summed E-state index contributed by atoms with van der Waals surface area (Å²) < 4.78 is 7.15. The second kappa shape index (κ2) is 3.98. The minimum atomic E-state index is -1.18. The van der Waals surface area contributed by atoms with Gasteiger partial charge in [0.2, 0.25) is 0 Å². The van der Waals surface area contributed by atoms with Gasteiger partial charge in [0.15, 0.2) is 11.4 Å². The van der Waals surface area contributed by atoms with Gasteiger partial charge < -0.3 is 14.9 Å². The summed E-state index contributed by atoms with van der Waals surface area (Å²) in [6, 6.07) is 0. The number of aryl methyl sites for hydroxylation is 1. The lowest BCUT2D eigenvalue weighted by Crippen LogP contribution is -2.45. The quantitative estimate of drug-likeness (QED) is 0.750. The number of aliphatic hydroxyl groups is 2. The first-order valence-electron chi connectivity index (χ1n) is 5.77. The number of ether oxygens (including phenoxy) is 1. The molecular formula is C11H14N4O3. The van der Waals surface area contributed by atoms with Crippen molar-refractivity contribution in [2.24, 2.45) is 0 Å². The Hall–Kier alpha value is -1.57. The van der Waals surface area contributed by atoms with Crippen molar-refractivity contribution in [1.82, 2.24) is 19.5 Å². The highest BCUT2D eigenvalue weighted by molar-refractivity contribution is 5.73. The summed E-state index contributed by atoms with van der Waals surface area (Å²) in [5.74, 6) is 0. The zero-order chi connectivity index (χ0) is 12.8. The molecule has 2 N–H and O–H groups in total. The van der Waals surface area contributed by atoms with Crippen LogP contribution in [0.2, 0.25) is 0 Å². The van der Waals surface area contributed by atoms with Crippen LogP contribution in [0.3, 0.4) is 0 Å². The van der Waals surface area contributed by atoms with Gasteiger partial charge in [-0.3, -0.25) is 4.57 Å². The van der Waals surface area contributed by atoms with Crippen molar-refractivity contribution < 1.29 is 14.9 Å². The molecule has 2 aromatic heterocycles. The molecule has 0 saturated carbocycles. The van der Waals surface area contributed by atoms with Gasteiger partial charge in [0, 0.05) is 6.42 Å². The molecule has 1 aliphatic rings. The van der Waals surface area contributed by atoms with Gasteiger partial charge in [-0.25, -0.2) is 15.0 Å². The third-order valence-corrected chi connectivity index (χ3v) is 3.41. The largest absolute Gasteiger partial charge is 0.391 e. The van der Waals surface area contributed by atoms with E-state index >= 15 is 0 Å². The van der Waals surface area contributed by atoms with Crippen LogP contribution in [0.15, 0.2) is 12.7 Å². The Bertz CT molecular complexity index is 585. The molecule has 0 aliphatic carbocycles. The van der Waals surface area contributed by atoms with Gasteiger partial charge >= 0.3 is 0 Å². The van der Waals surface area contributed by atoms with Crippen LogP contribution in [0.5, 0.6) is 0 Å². The molecule has 2 atom stereocenters. The zero-order valence-electron chi connectivity index (χ0n) is 9.94. The third-order valence-electron chi connectivity index (χ3n) is 3.41. The highest BCUT2D eigenvalue weighted by atomic mass is 16.5. The number of hydrogen-bond donors (Lipinski definition) is 2. The number of imidazole rings is 1. The molecule has 0 radical (unpaired) electrons. The van der Waals surface area contributed by atoms with Crippen LogP contribution in [-0.4, -0.2) is 49.0 Å². The molecule has 2 aromatic rings. The van der Waals surface area contributed by atoms with E-state index in [1.165, 1.54) is 12.7 Å². The van der Waals surface area contributed by atoms with E-state index in [1.807, 2.05) is 6.92 Å². The minimum Gasteiger partial charge on any atom is -0.391 e. The molecule has 0 bridgehead atoms. The van der Waals surface area contributed by atoms with Crippen LogP contribution in [-0.2, 0) is 10.5 Å². The molecule has 18 heavy (non-hydrogen) atoms.